The van der Waals surface area contributed by atoms with E-state index in [1.807, 2.05) is 6.07 Å². The van der Waals surface area contributed by atoms with Crippen molar-refractivity contribution in [1.82, 2.24) is 15.1 Å². The van der Waals surface area contributed by atoms with E-state index in [9.17, 15) is 14.7 Å². The molecular weight excluding hydrogens is 484 g/mol. The lowest BCUT2D eigenvalue weighted by Crippen LogP contribution is -2.42. The van der Waals surface area contributed by atoms with E-state index in [-0.39, 0.29) is 25.0 Å². The Kier molecular flexibility index (Phi) is 9.45. The molecule has 9 nitrogen and oxygen atoms in total. The van der Waals surface area contributed by atoms with Crippen LogP contribution < -0.4 is 10.1 Å². The van der Waals surface area contributed by atoms with Crippen LogP contribution in [-0.2, 0) is 16.1 Å². The number of benzene rings is 1. The first-order valence-corrected chi connectivity index (χ1v) is 13.5. The summed E-state index contributed by atoms with van der Waals surface area (Å²) in [5, 5.41) is 21.8. The molecule has 36 heavy (non-hydrogen) atoms. The van der Waals surface area contributed by atoms with Crippen molar-refractivity contribution < 1.29 is 24.5 Å². The van der Waals surface area contributed by atoms with Gasteiger partial charge >= 0.3 is 0 Å². The van der Waals surface area contributed by atoms with Gasteiger partial charge in [0.2, 0.25) is 11.9 Å². The molecule has 198 valence electrons. The molecule has 1 unspecified atom stereocenters. The third kappa shape index (κ3) is 6.12. The number of hydrogen-bond donors (Lipinski definition) is 3. The average Bonchev–Trinajstić information content (AvgIpc) is 3.20. The van der Waals surface area contributed by atoms with E-state index >= 15 is 0 Å². The van der Waals surface area contributed by atoms with Crippen LogP contribution in [0.4, 0.5) is 5.69 Å². The fourth-order valence-corrected chi connectivity index (χ4v) is 5.53. The van der Waals surface area contributed by atoms with Gasteiger partial charge in [-0.3, -0.25) is 14.9 Å². The first-order valence-electron chi connectivity index (χ1n) is 13.1. The second-order valence-electron chi connectivity index (χ2n) is 9.74. The van der Waals surface area contributed by atoms with Crippen molar-refractivity contribution in [3.63, 3.8) is 0 Å². The standard InChI is InChI=1S/C26H37ClN4O5/c27-24-19-16-31-21(17-33)25(35)29-26(31)28-20(19)11-12-22(24)36-15-7-4-10-23(34)30(13-5-6-14-32)18-8-2-1-3-9-18/h11-12,18,21,32-33H,1-10,13-17H2,(H,28,29,35). The summed E-state index contributed by atoms with van der Waals surface area (Å²) in [6.07, 6.45) is 9.30. The molecule has 1 saturated carbocycles. The van der Waals surface area contributed by atoms with Gasteiger partial charge in [0.15, 0.2) is 0 Å². The average molecular weight is 521 g/mol. The third-order valence-electron chi connectivity index (χ3n) is 7.28. The van der Waals surface area contributed by atoms with Crippen molar-refractivity contribution in [2.45, 2.75) is 82.8 Å². The number of amides is 2. The minimum Gasteiger partial charge on any atom is -0.492 e. The molecule has 1 aliphatic carbocycles. The second kappa shape index (κ2) is 12.7. The number of nitrogens with zero attached hydrogens (tertiary/aromatic N) is 3. The number of carbonyl (C=O) groups is 2. The molecule has 10 heteroatoms. The monoisotopic (exact) mass is 520 g/mol. The summed E-state index contributed by atoms with van der Waals surface area (Å²) in [6.45, 7) is 1.39. The number of aliphatic imine (C=N–C) groups is 1. The molecule has 2 fully saturated rings. The molecular formula is C26H37ClN4O5. The summed E-state index contributed by atoms with van der Waals surface area (Å²) in [5.74, 6) is 0.904. The Morgan fingerprint density at radius 3 is 2.72 bits per heavy atom. The highest BCUT2D eigenvalue weighted by Gasteiger charge is 2.39. The first-order chi connectivity index (χ1) is 17.5. The molecule has 0 spiro atoms. The number of aliphatic hydroxyl groups excluding tert-OH is 2. The van der Waals surface area contributed by atoms with E-state index < -0.39 is 6.04 Å². The summed E-state index contributed by atoms with van der Waals surface area (Å²) < 4.78 is 5.94. The van der Waals surface area contributed by atoms with Crippen LogP contribution in [0.25, 0.3) is 0 Å². The number of carbonyl (C=O) groups excluding carboxylic acids is 2. The number of unbranched alkanes of at least 4 members (excludes halogenated alkanes) is 2. The molecule has 1 aromatic rings. The van der Waals surface area contributed by atoms with Crippen LogP contribution >= 0.6 is 11.6 Å². The fourth-order valence-electron chi connectivity index (χ4n) is 5.26. The Bertz CT molecular complexity index is 966. The highest BCUT2D eigenvalue weighted by molar-refractivity contribution is 6.33. The highest BCUT2D eigenvalue weighted by Crippen LogP contribution is 2.39. The number of hydrogen-bond acceptors (Lipinski definition) is 7. The van der Waals surface area contributed by atoms with Crippen LogP contribution in [0.5, 0.6) is 5.75 Å². The lowest BCUT2D eigenvalue weighted by atomic mass is 9.93. The van der Waals surface area contributed by atoms with Crippen molar-refractivity contribution in [2.24, 2.45) is 4.99 Å². The second-order valence-corrected chi connectivity index (χ2v) is 10.1. The Labute approximate surface area is 217 Å². The summed E-state index contributed by atoms with van der Waals surface area (Å²) in [4.78, 5) is 33.3. The maximum Gasteiger partial charge on any atom is 0.251 e. The van der Waals surface area contributed by atoms with Gasteiger partial charge in [0.05, 0.1) is 30.5 Å². The molecule has 0 aromatic heterocycles. The number of nitrogens with one attached hydrogen (secondary N) is 1. The van der Waals surface area contributed by atoms with Gasteiger partial charge in [-0.15, -0.1) is 0 Å². The number of halogens is 1. The van der Waals surface area contributed by atoms with Crippen molar-refractivity contribution in [1.29, 1.82) is 0 Å². The number of aliphatic hydroxyl groups is 2. The number of guanidine groups is 1. The molecule has 1 aromatic carbocycles. The molecule has 2 aliphatic heterocycles. The summed E-state index contributed by atoms with van der Waals surface area (Å²) >= 11 is 6.63. The van der Waals surface area contributed by atoms with Crippen LogP contribution in [0.2, 0.25) is 5.02 Å². The maximum absolute atomic E-state index is 13.0. The zero-order valence-electron chi connectivity index (χ0n) is 20.8. The minimum atomic E-state index is -0.674. The minimum absolute atomic E-state index is 0.165. The lowest BCUT2D eigenvalue weighted by molar-refractivity contribution is -0.134. The summed E-state index contributed by atoms with van der Waals surface area (Å²) in [5.41, 5.74) is 1.43. The first kappa shape index (κ1) is 26.7. The van der Waals surface area contributed by atoms with E-state index in [1.54, 1.807) is 11.0 Å². The van der Waals surface area contributed by atoms with E-state index in [0.717, 1.165) is 50.6 Å². The van der Waals surface area contributed by atoms with Crippen LogP contribution in [-0.4, -0.2) is 76.2 Å². The van der Waals surface area contributed by atoms with Gasteiger partial charge in [0, 0.05) is 31.2 Å². The third-order valence-corrected chi connectivity index (χ3v) is 7.70. The Morgan fingerprint density at radius 1 is 1.17 bits per heavy atom. The fraction of sp³-hybridized carbons (Fsp3) is 0.654. The SMILES string of the molecule is O=C1NC2=Nc3ccc(OCCCCC(=O)N(CCCCO)C4CCCCC4)c(Cl)c3CN2C1CO. The topological polar surface area (TPSA) is 115 Å². The van der Waals surface area contributed by atoms with E-state index in [1.165, 1.54) is 19.3 Å². The van der Waals surface area contributed by atoms with Crippen LogP contribution in [0.1, 0.15) is 69.8 Å². The summed E-state index contributed by atoms with van der Waals surface area (Å²) in [6, 6.07) is 3.26. The van der Waals surface area contributed by atoms with Gasteiger partial charge in [0.25, 0.3) is 5.91 Å². The molecule has 2 amide bonds. The molecule has 0 radical (unpaired) electrons. The van der Waals surface area contributed by atoms with Gasteiger partial charge in [-0.1, -0.05) is 30.9 Å². The predicted molar refractivity (Wildman–Crippen MR) is 137 cm³/mol. The van der Waals surface area contributed by atoms with E-state index in [4.69, 9.17) is 21.4 Å². The lowest BCUT2D eigenvalue weighted by Gasteiger charge is -2.34. The zero-order valence-corrected chi connectivity index (χ0v) is 21.5. The largest absolute Gasteiger partial charge is 0.492 e. The Hall–Kier alpha value is -2.36. The van der Waals surface area contributed by atoms with Gasteiger partial charge in [-0.25, -0.2) is 4.99 Å². The smallest absolute Gasteiger partial charge is 0.251 e. The Balaban J connectivity index is 1.27. The predicted octanol–water partition coefficient (Wildman–Crippen LogP) is 3.12. The zero-order chi connectivity index (χ0) is 25.5. The Morgan fingerprint density at radius 2 is 1.97 bits per heavy atom. The quantitative estimate of drug-likeness (QED) is 0.365. The van der Waals surface area contributed by atoms with Crippen molar-refractivity contribution >= 4 is 35.1 Å². The van der Waals surface area contributed by atoms with E-state index in [0.29, 0.717) is 48.0 Å². The molecule has 1 atom stereocenters. The van der Waals surface area contributed by atoms with Crippen LogP contribution in [0.15, 0.2) is 17.1 Å². The molecule has 3 N–H and O–H groups in total. The van der Waals surface area contributed by atoms with E-state index in [2.05, 4.69) is 15.2 Å². The van der Waals surface area contributed by atoms with Gasteiger partial charge in [-0.05, 0) is 50.7 Å². The number of fused-ring (bicyclic) bond motifs is 2. The van der Waals surface area contributed by atoms with Gasteiger partial charge in [-0.2, -0.15) is 0 Å². The number of rotatable bonds is 12. The molecule has 2 heterocycles. The maximum atomic E-state index is 13.0. The highest BCUT2D eigenvalue weighted by atomic mass is 35.5. The summed E-state index contributed by atoms with van der Waals surface area (Å²) in [7, 11) is 0. The van der Waals surface area contributed by atoms with Crippen molar-refractivity contribution in [3.8, 4) is 5.75 Å². The van der Waals surface area contributed by atoms with Crippen LogP contribution in [0.3, 0.4) is 0 Å². The number of ether oxygens (including phenoxy) is 1. The normalized spacial score (nSPS) is 19.4. The van der Waals surface area contributed by atoms with Gasteiger partial charge in [0.1, 0.15) is 11.8 Å². The molecule has 1 saturated heterocycles. The van der Waals surface area contributed by atoms with Crippen LogP contribution in [0, 0.1) is 0 Å². The van der Waals surface area contributed by atoms with Crippen molar-refractivity contribution in [2.75, 3.05) is 26.4 Å². The van der Waals surface area contributed by atoms with Gasteiger partial charge < -0.3 is 24.7 Å². The molecule has 4 rings (SSSR count). The van der Waals surface area contributed by atoms with Crippen molar-refractivity contribution in [3.05, 3.63) is 22.7 Å². The molecule has 0 bridgehead atoms. The molecule has 3 aliphatic rings.